The van der Waals surface area contributed by atoms with Crippen molar-refractivity contribution in [3.63, 3.8) is 0 Å². The second-order valence-corrected chi connectivity index (χ2v) is 9.28. The van der Waals surface area contributed by atoms with Crippen LogP contribution in [0.1, 0.15) is 40.5 Å². The highest BCUT2D eigenvalue weighted by Gasteiger charge is 2.27. The molecule has 1 aromatic carbocycles. The van der Waals surface area contributed by atoms with Gasteiger partial charge < -0.3 is 5.32 Å². The van der Waals surface area contributed by atoms with Crippen molar-refractivity contribution in [1.29, 1.82) is 0 Å². The largest absolute Gasteiger partial charge is 0.378 e. The first-order valence-corrected chi connectivity index (χ1v) is 10.3. The third kappa shape index (κ3) is 5.15. The summed E-state index contributed by atoms with van der Waals surface area (Å²) in [6.07, 6.45) is 2.18. The molecule has 0 unspecified atom stereocenters. The molecule has 0 aliphatic carbocycles. The third-order valence-corrected chi connectivity index (χ3v) is 6.11. The number of nitrogens with one attached hydrogen (secondary N) is 2. The Bertz CT molecular complexity index is 759. The molecule has 146 valence electrons. The zero-order valence-corrected chi connectivity index (χ0v) is 16.6. The fraction of sp³-hybridized carbons (Fsp3) is 0.647. The maximum atomic E-state index is 12.4. The van der Waals surface area contributed by atoms with Crippen LogP contribution in [0.5, 0.6) is 0 Å². The predicted octanol–water partition coefficient (Wildman–Crippen LogP) is 2.57. The van der Waals surface area contributed by atoms with E-state index in [-0.39, 0.29) is 10.6 Å². The molecule has 0 spiro atoms. The molecule has 9 heteroatoms. The van der Waals surface area contributed by atoms with Crippen LogP contribution >= 0.6 is 0 Å². The molecule has 1 fully saturated rings. The van der Waals surface area contributed by atoms with Crippen LogP contribution in [0.25, 0.3) is 0 Å². The Morgan fingerprint density at radius 1 is 1.35 bits per heavy atom. The normalized spacial score (nSPS) is 18.8. The lowest BCUT2D eigenvalue weighted by Gasteiger charge is -2.23. The first-order chi connectivity index (χ1) is 12.0. The molecule has 1 aromatic rings. The van der Waals surface area contributed by atoms with Gasteiger partial charge in [-0.2, -0.15) is 0 Å². The summed E-state index contributed by atoms with van der Waals surface area (Å²) in [6, 6.07) is 4.32. The summed E-state index contributed by atoms with van der Waals surface area (Å²) in [5.74, 6) is 0. The Labute approximate surface area is 155 Å². The average molecular weight is 385 g/mol. The molecule has 2 rings (SSSR count). The molecule has 0 saturated carbocycles. The highest BCUT2D eigenvalue weighted by molar-refractivity contribution is 7.89. The van der Waals surface area contributed by atoms with Crippen LogP contribution in [-0.4, -0.2) is 49.5 Å². The van der Waals surface area contributed by atoms with Gasteiger partial charge in [-0.15, -0.1) is 0 Å². The van der Waals surface area contributed by atoms with Crippen LogP contribution in [-0.2, 0) is 10.0 Å². The van der Waals surface area contributed by atoms with Gasteiger partial charge in [0.15, 0.2) is 0 Å². The summed E-state index contributed by atoms with van der Waals surface area (Å²) in [4.78, 5) is 13.1. The smallest absolute Gasteiger partial charge is 0.293 e. The molecular formula is C17H28N4O4S. The Hall–Kier alpha value is -1.71. The number of nitro benzene ring substituents is 1. The molecule has 8 nitrogen and oxygen atoms in total. The summed E-state index contributed by atoms with van der Waals surface area (Å²) < 4.78 is 27.4. The number of nitro groups is 1. The summed E-state index contributed by atoms with van der Waals surface area (Å²) in [7, 11) is -3.82. The standard InChI is InChI=1S/C17H28N4O4S/c1-5-20-10-6-7-13(20)12-18-15-9-8-14(11-16(15)21(22)23)26(24,25)19-17(2,3)4/h8-9,11,13,18-19H,5-7,10,12H2,1-4H3/t13-/m1/s1. The molecular weight excluding hydrogens is 356 g/mol. The monoisotopic (exact) mass is 384 g/mol. The highest BCUT2D eigenvalue weighted by atomic mass is 32.2. The van der Waals surface area contributed by atoms with Crippen LogP contribution in [0.4, 0.5) is 11.4 Å². The van der Waals surface area contributed by atoms with Gasteiger partial charge in [0, 0.05) is 24.2 Å². The van der Waals surface area contributed by atoms with Crippen LogP contribution in [0.15, 0.2) is 23.1 Å². The van der Waals surface area contributed by atoms with Crippen LogP contribution in [0, 0.1) is 10.1 Å². The fourth-order valence-corrected chi connectivity index (χ4v) is 4.65. The molecule has 0 aromatic heterocycles. The number of rotatable bonds is 7. The van der Waals surface area contributed by atoms with Gasteiger partial charge in [0.25, 0.3) is 5.69 Å². The highest BCUT2D eigenvalue weighted by Crippen LogP contribution is 2.29. The van der Waals surface area contributed by atoms with E-state index in [2.05, 4.69) is 21.9 Å². The van der Waals surface area contributed by atoms with E-state index in [4.69, 9.17) is 0 Å². The Morgan fingerprint density at radius 2 is 2.04 bits per heavy atom. The maximum Gasteiger partial charge on any atom is 0.293 e. The summed E-state index contributed by atoms with van der Waals surface area (Å²) in [6.45, 7) is 9.84. The number of benzene rings is 1. The van der Waals surface area contributed by atoms with E-state index in [1.165, 1.54) is 12.1 Å². The lowest BCUT2D eigenvalue weighted by atomic mass is 10.1. The summed E-state index contributed by atoms with van der Waals surface area (Å²) in [5.41, 5.74) is -0.563. The first-order valence-electron chi connectivity index (χ1n) is 8.84. The van der Waals surface area contributed by atoms with Crippen LogP contribution < -0.4 is 10.0 Å². The quantitative estimate of drug-likeness (QED) is 0.553. The second-order valence-electron chi connectivity index (χ2n) is 7.60. The molecule has 1 aliphatic heterocycles. The number of likely N-dealkylation sites (tertiary alicyclic amines) is 1. The van der Waals surface area contributed by atoms with Crippen molar-refractivity contribution in [3.05, 3.63) is 28.3 Å². The van der Waals surface area contributed by atoms with E-state index in [1.54, 1.807) is 20.8 Å². The van der Waals surface area contributed by atoms with Crippen molar-refractivity contribution in [1.82, 2.24) is 9.62 Å². The van der Waals surface area contributed by atoms with Gasteiger partial charge in [0.2, 0.25) is 10.0 Å². The number of hydrogen-bond acceptors (Lipinski definition) is 6. The van der Waals surface area contributed by atoms with Gasteiger partial charge in [-0.3, -0.25) is 15.0 Å². The van der Waals surface area contributed by atoms with E-state index < -0.39 is 20.5 Å². The minimum Gasteiger partial charge on any atom is -0.378 e. The van der Waals surface area contributed by atoms with E-state index >= 15 is 0 Å². The molecule has 1 atom stereocenters. The zero-order chi connectivity index (χ0) is 19.5. The van der Waals surface area contributed by atoms with Crippen molar-refractivity contribution >= 4 is 21.4 Å². The van der Waals surface area contributed by atoms with Crippen molar-refractivity contribution in [3.8, 4) is 0 Å². The van der Waals surface area contributed by atoms with Gasteiger partial charge in [-0.25, -0.2) is 13.1 Å². The summed E-state index contributed by atoms with van der Waals surface area (Å²) in [5, 5.41) is 14.6. The van der Waals surface area contributed by atoms with Gasteiger partial charge >= 0.3 is 0 Å². The van der Waals surface area contributed by atoms with Crippen molar-refractivity contribution in [2.24, 2.45) is 0 Å². The number of sulfonamides is 1. The van der Waals surface area contributed by atoms with Crippen molar-refractivity contribution in [2.75, 3.05) is 25.0 Å². The van der Waals surface area contributed by atoms with Gasteiger partial charge in [-0.05, 0) is 58.8 Å². The minimum absolute atomic E-state index is 0.110. The Balaban J connectivity index is 2.22. The van der Waals surface area contributed by atoms with Crippen LogP contribution in [0.3, 0.4) is 0 Å². The number of likely N-dealkylation sites (N-methyl/N-ethyl adjacent to an activating group) is 1. The van der Waals surface area contributed by atoms with Gasteiger partial charge in [0.05, 0.1) is 9.82 Å². The lowest BCUT2D eigenvalue weighted by Crippen LogP contribution is -2.40. The second kappa shape index (κ2) is 7.89. The average Bonchev–Trinajstić information content (AvgIpc) is 2.97. The molecule has 2 N–H and O–H groups in total. The predicted molar refractivity (Wildman–Crippen MR) is 102 cm³/mol. The maximum absolute atomic E-state index is 12.4. The molecule has 1 aliphatic rings. The number of nitrogens with zero attached hydrogens (tertiary/aromatic N) is 2. The topological polar surface area (TPSA) is 105 Å². The molecule has 0 bridgehead atoms. The SMILES string of the molecule is CCN1CCC[C@@H]1CNc1ccc(S(=O)(=O)NC(C)(C)C)cc1[N+](=O)[O-]. The van der Waals surface area contributed by atoms with E-state index in [1.807, 2.05) is 0 Å². The minimum atomic E-state index is -3.82. The molecule has 26 heavy (non-hydrogen) atoms. The Morgan fingerprint density at radius 3 is 2.62 bits per heavy atom. The van der Waals surface area contributed by atoms with Crippen molar-refractivity contribution in [2.45, 2.75) is 57.0 Å². The van der Waals surface area contributed by atoms with Crippen molar-refractivity contribution < 1.29 is 13.3 Å². The van der Waals surface area contributed by atoms with Gasteiger partial charge in [0.1, 0.15) is 5.69 Å². The Kier molecular flexibility index (Phi) is 6.25. The van der Waals surface area contributed by atoms with E-state index in [9.17, 15) is 18.5 Å². The number of anilines is 1. The number of hydrogen-bond donors (Lipinski definition) is 2. The summed E-state index contributed by atoms with van der Waals surface area (Å²) >= 11 is 0. The van der Waals surface area contributed by atoms with Gasteiger partial charge in [-0.1, -0.05) is 6.92 Å². The molecule has 1 saturated heterocycles. The zero-order valence-electron chi connectivity index (χ0n) is 15.8. The molecule has 0 amide bonds. The molecule has 1 heterocycles. The third-order valence-electron chi connectivity index (χ3n) is 4.35. The van der Waals surface area contributed by atoms with E-state index in [0.717, 1.165) is 32.0 Å². The van der Waals surface area contributed by atoms with Crippen LogP contribution in [0.2, 0.25) is 0 Å². The molecule has 0 radical (unpaired) electrons. The lowest BCUT2D eigenvalue weighted by molar-refractivity contribution is -0.384. The van der Waals surface area contributed by atoms with E-state index in [0.29, 0.717) is 18.3 Å². The first kappa shape index (κ1) is 20.6. The fourth-order valence-electron chi connectivity index (χ4n) is 3.21.